The van der Waals surface area contributed by atoms with Crippen LogP contribution in [0.5, 0.6) is 0 Å². The summed E-state index contributed by atoms with van der Waals surface area (Å²) in [6.07, 6.45) is 0. The Morgan fingerprint density at radius 1 is 1.24 bits per heavy atom. The van der Waals surface area contributed by atoms with Crippen LogP contribution < -0.4 is 10.5 Å². The van der Waals surface area contributed by atoms with Crippen molar-refractivity contribution in [1.82, 2.24) is 4.98 Å². The summed E-state index contributed by atoms with van der Waals surface area (Å²) < 4.78 is 27.4. The van der Waals surface area contributed by atoms with Gasteiger partial charge in [-0.15, -0.1) is 0 Å². The number of hydrogen-bond donors (Lipinski definition) is 2. The second kappa shape index (κ2) is 5.79. The number of benzene rings is 1. The van der Waals surface area contributed by atoms with Crippen molar-refractivity contribution in [2.24, 2.45) is 5.73 Å². The third-order valence-corrected chi connectivity index (χ3v) is 4.62. The van der Waals surface area contributed by atoms with Gasteiger partial charge in [-0.3, -0.25) is 4.72 Å². The molecule has 0 saturated carbocycles. The van der Waals surface area contributed by atoms with Gasteiger partial charge in [-0.05, 0) is 37.6 Å². The largest absolute Gasteiger partial charge is 0.389 e. The molecule has 1 aromatic heterocycles. The van der Waals surface area contributed by atoms with Crippen LogP contribution in [0.2, 0.25) is 0 Å². The number of anilines is 1. The van der Waals surface area contributed by atoms with Crippen LogP contribution in [0.1, 0.15) is 16.8 Å². The van der Waals surface area contributed by atoms with Crippen LogP contribution in [-0.4, -0.2) is 18.4 Å². The molecule has 0 unspecified atom stereocenters. The number of nitrogens with one attached hydrogen (secondary N) is 1. The van der Waals surface area contributed by atoms with Crippen molar-refractivity contribution in [3.05, 3.63) is 53.2 Å². The van der Waals surface area contributed by atoms with Gasteiger partial charge in [0.15, 0.2) is 0 Å². The maximum absolute atomic E-state index is 12.5. The molecular weight excluding hydrogens is 306 g/mol. The molecule has 2 rings (SSSR count). The fourth-order valence-corrected chi connectivity index (χ4v) is 3.24. The molecular formula is C14H15N3O2S2. The highest BCUT2D eigenvalue weighted by Crippen LogP contribution is 2.20. The molecule has 0 saturated heterocycles. The zero-order chi connectivity index (χ0) is 15.6. The zero-order valence-electron chi connectivity index (χ0n) is 11.6. The Bertz CT molecular complexity index is 802. The SMILES string of the molecule is Cc1cccc(NS(=O)(=O)c2cc(C(N)=S)ccc2C)n1. The van der Waals surface area contributed by atoms with Crippen LogP contribution >= 0.6 is 12.2 Å². The first-order valence-corrected chi connectivity index (χ1v) is 8.06. The molecule has 0 radical (unpaired) electrons. The van der Waals surface area contributed by atoms with E-state index >= 15 is 0 Å². The van der Waals surface area contributed by atoms with E-state index in [4.69, 9.17) is 18.0 Å². The number of rotatable bonds is 4. The molecule has 0 bridgehead atoms. The van der Waals surface area contributed by atoms with Crippen LogP contribution in [0.15, 0.2) is 41.3 Å². The van der Waals surface area contributed by atoms with E-state index in [2.05, 4.69) is 9.71 Å². The maximum Gasteiger partial charge on any atom is 0.263 e. The van der Waals surface area contributed by atoms with E-state index in [1.165, 1.54) is 6.07 Å². The lowest BCUT2D eigenvalue weighted by molar-refractivity contribution is 0.600. The molecule has 0 fully saturated rings. The third kappa shape index (κ3) is 3.56. The smallest absolute Gasteiger partial charge is 0.263 e. The van der Waals surface area contributed by atoms with Gasteiger partial charge in [0.25, 0.3) is 10.0 Å². The normalized spacial score (nSPS) is 11.1. The topological polar surface area (TPSA) is 85.1 Å². The number of pyridine rings is 1. The van der Waals surface area contributed by atoms with Crippen molar-refractivity contribution >= 4 is 33.0 Å². The number of hydrogen-bond acceptors (Lipinski definition) is 4. The average molecular weight is 321 g/mol. The molecule has 0 spiro atoms. The molecule has 3 N–H and O–H groups in total. The Morgan fingerprint density at radius 2 is 1.95 bits per heavy atom. The summed E-state index contributed by atoms with van der Waals surface area (Å²) in [4.78, 5) is 4.42. The molecule has 7 heteroatoms. The molecule has 110 valence electrons. The van der Waals surface area contributed by atoms with E-state index < -0.39 is 10.0 Å². The molecule has 0 atom stereocenters. The van der Waals surface area contributed by atoms with E-state index in [1.807, 2.05) is 0 Å². The van der Waals surface area contributed by atoms with Crippen LogP contribution in [0.25, 0.3) is 0 Å². The molecule has 0 aliphatic rings. The number of aryl methyl sites for hydroxylation is 2. The zero-order valence-corrected chi connectivity index (χ0v) is 13.3. The van der Waals surface area contributed by atoms with Crippen molar-refractivity contribution in [2.75, 3.05) is 4.72 Å². The fourth-order valence-electron chi connectivity index (χ4n) is 1.84. The lowest BCUT2D eigenvalue weighted by Crippen LogP contribution is -2.17. The van der Waals surface area contributed by atoms with Gasteiger partial charge in [-0.25, -0.2) is 13.4 Å². The van der Waals surface area contributed by atoms with Crippen LogP contribution in [-0.2, 0) is 10.0 Å². The number of nitrogens with two attached hydrogens (primary N) is 1. The van der Waals surface area contributed by atoms with Crippen LogP contribution in [0.3, 0.4) is 0 Å². The predicted molar refractivity (Wildman–Crippen MR) is 86.8 cm³/mol. The summed E-state index contributed by atoms with van der Waals surface area (Å²) in [6.45, 7) is 3.50. The second-order valence-electron chi connectivity index (χ2n) is 4.61. The number of aromatic nitrogens is 1. The fraction of sp³-hybridized carbons (Fsp3) is 0.143. The highest BCUT2D eigenvalue weighted by Gasteiger charge is 2.18. The quantitative estimate of drug-likeness (QED) is 0.843. The number of nitrogens with zero attached hydrogens (tertiary/aromatic N) is 1. The third-order valence-electron chi connectivity index (χ3n) is 2.89. The molecule has 0 aliphatic heterocycles. The van der Waals surface area contributed by atoms with Gasteiger partial charge >= 0.3 is 0 Å². The van der Waals surface area contributed by atoms with Gasteiger partial charge in [0.1, 0.15) is 10.8 Å². The van der Waals surface area contributed by atoms with Crippen molar-refractivity contribution in [3.8, 4) is 0 Å². The number of thiocarbonyl (C=S) groups is 1. The van der Waals surface area contributed by atoms with Gasteiger partial charge < -0.3 is 5.73 Å². The minimum absolute atomic E-state index is 0.135. The van der Waals surface area contributed by atoms with Gasteiger partial charge in [0, 0.05) is 11.3 Å². The molecule has 21 heavy (non-hydrogen) atoms. The van der Waals surface area contributed by atoms with E-state index in [9.17, 15) is 8.42 Å². The molecule has 0 aliphatic carbocycles. The van der Waals surface area contributed by atoms with E-state index in [0.29, 0.717) is 11.1 Å². The van der Waals surface area contributed by atoms with Crippen molar-refractivity contribution in [3.63, 3.8) is 0 Å². The van der Waals surface area contributed by atoms with Crippen molar-refractivity contribution in [2.45, 2.75) is 18.7 Å². The van der Waals surface area contributed by atoms with E-state index in [1.54, 1.807) is 44.2 Å². The predicted octanol–water partition coefficient (Wildman–Crippen LogP) is 2.13. The molecule has 0 amide bonds. The van der Waals surface area contributed by atoms with Gasteiger partial charge in [0.05, 0.1) is 4.90 Å². The number of sulfonamides is 1. The minimum Gasteiger partial charge on any atom is -0.389 e. The Morgan fingerprint density at radius 3 is 2.57 bits per heavy atom. The summed E-state index contributed by atoms with van der Waals surface area (Å²) in [5.74, 6) is 0.273. The highest BCUT2D eigenvalue weighted by molar-refractivity contribution is 7.92. The lowest BCUT2D eigenvalue weighted by atomic mass is 10.1. The molecule has 2 aromatic rings. The van der Waals surface area contributed by atoms with Crippen molar-refractivity contribution in [1.29, 1.82) is 0 Å². The summed E-state index contributed by atoms with van der Waals surface area (Å²) in [7, 11) is -3.74. The monoisotopic (exact) mass is 321 g/mol. The summed E-state index contributed by atoms with van der Waals surface area (Å²) >= 11 is 4.88. The maximum atomic E-state index is 12.5. The highest BCUT2D eigenvalue weighted by atomic mass is 32.2. The van der Waals surface area contributed by atoms with Gasteiger partial charge in [-0.1, -0.05) is 30.4 Å². The Kier molecular flexibility index (Phi) is 4.24. The lowest BCUT2D eigenvalue weighted by Gasteiger charge is -2.11. The minimum atomic E-state index is -3.74. The summed E-state index contributed by atoms with van der Waals surface area (Å²) in [5.41, 5.74) is 7.39. The molecule has 1 aromatic carbocycles. The van der Waals surface area contributed by atoms with Crippen molar-refractivity contribution < 1.29 is 8.42 Å². The summed E-state index contributed by atoms with van der Waals surface area (Å²) in [6, 6.07) is 9.95. The molecule has 5 nitrogen and oxygen atoms in total. The van der Waals surface area contributed by atoms with Crippen LogP contribution in [0.4, 0.5) is 5.82 Å². The van der Waals surface area contributed by atoms with Gasteiger partial charge in [-0.2, -0.15) is 0 Å². The first-order valence-electron chi connectivity index (χ1n) is 6.16. The molecule has 1 heterocycles. The van der Waals surface area contributed by atoms with E-state index in [-0.39, 0.29) is 15.7 Å². The summed E-state index contributed by atoms with van der Waals surface area (Å²) in [5, 5.41) is 0. The second-order valence-corrected chi connectivity index (χ2v) is 6.70. The Labute approximate surface area is 129 Å². The standard InChI is InChI=1S/C14H15N3O2S2/c1-9-6-7-11(14(15)20)8-12(9)21(18,19)17-13-5-3-4-10(2)16-13/h3-8H,1-2H3,(H2,15,20)(H,16,17). The average Bonchev–Trinajstić information content (AvgIpc) is 2.38. The van der Waals surface area contributed by atoms with Crippen LogP contribution in [0, 0.1) is 13.8 Å². The Hall–Kier alpha value is -1.99. The van der Waals surface area contributed by atoms with E-state index in [0.717, 1.165) is 5.69 Å². The first-order chi connectivity index (χ1) is 9.79. The first kappa shape index (κ1) is 15.4. The van der Waals surface area contributed by atoms with Gasteiger partial charge in [0.2, 0.25) is 0 Å². The Balaban J connectivity index is 2.44.